The van der Waals surface area contributed by atoms with Gasteiger partial charge in [0.25, 0.3) is 0 Å². The molecule has 0 saturated carbocycles. The van der Waals surface area contributed by atoms with Crippen LogP contribution < -0.4 is 10.2 Å². The van der Waals surface area contributed by atoms with E-state index in [1.54, 1.807) is 0 Å². The molecule has 0 aromatic heterocycles. The molecule has 0 atom stereocenters. The van der Waals surface area contributed by atoms with Gasteiger partial charge < -0.3 is 15.1 Å². The Labute approximate surface area is 167 Å². The fourth-order valence-corrected chi connectivity index (χ4v) is 3.55. The van der Waals surface area contributed by atoms with Gasteiger partial charge in [-0.05, 0) is 67.0 Å². The van der Waals surface area contributed by atoms with Crippen molar-refractivity contribution in [3.05, 3.63) is 59.7 Å². The molecule has 1 heterocycles. The van der Waals surface area contributed by atoms with E-state index in [2.05, 4.69) is 52.4 Å². The number of unbranched alkanes of at least 4 members (excludes halogenated alkanes) is 1. The zero-order valence-electron chi connectivity index (χ0n) is 15.8. The summed E-state index contributed by atoms with van der Waals surface area (Å²) in [5.41, 5.74) is 4.29. The van der Waals surface area contributed by atoms with Crippen LogP contribution in [0.4, 0.5) is 11.4 Å². The van der Waals surface area contributed by atoms with E-state index in [0.29, 0.717) is 5.56 Å². The Hall–Kier alpha value is -2.58. The molecule has 5 heteroatoms. The second-order valence-corrected chi connectivity index (χ2v) is 7.25. The van der Waals surface area contributed by atoms with Gasteiger partial charge in [-0.25, -0.2) is 0 Å². The van der Waals surface area contributed by atoms with Crippen molar-refractivity contribution in [1.29, 1.82) is 5.26 Å². The number of nitriles is 1. The Balaban J connectivity index is 1.50. The van der Waals surface area contributed by atoms with Crippen LogP contribution in [0.1, 0.15) is 30.9 Å². The van der Waals surface area contributed by atoms with Gasteiger partial charge in [0.2, 0.25) is 0 Å². The van der Waals surface area contributed by atoms with Crippen LogP contribution in [0.25, 0.3) is 0 Å². The van der Waals surface area contributed by atoms with Crippen molar-refractivity contribution >= 4 is 28.7 Å². The Morgan fingerprint density at radius 2 is 1.70 bits per heavy atom. The Bertz CT molecular complexity index is 785. The van der Waals surface area contributed by atoms with Crippen LogP contribution >= 0.6 is 12.2 Å². The molecular formula is C22H26N4S. The van der Waals surface area contributed by atoms with Crippen LogP contribution in [-0.2, 0) is 6.42 Å². The van der Waals surface area contributed by atoms with Crippen molar-refractivity contribution in [1.82, 2.24) is 4.90 Å². The summed E-state index contributed by atoms with van der Waals surface area (Å²) < 4.78 is 0. The highest BCUT2D eigenvalue weighted by Crippen LogP contribution is 2.18. The molecule has 3 rings (SSSR count). The molecule has 27 heavy (non-hydrogen) atoms. The summed E-state index contributed by atoms with van der Waals surface area (Å²) in [6.07, 6.45) is 3.59. The Morgan fingerprint density at radius 3 is 2.30 bits per heavy atom. The Kier molecular flexibility index (Phi) is 6.67. The molecule has 0 aliphatic carbocycles. The summed E-state index contributed by atoms with van der Waals surface area (Å²) in [5, 5.41) is 13.1. The van der Waals surface area contributed by atoms with E-state index in [4.69, 9.17) is 17.5 Å². The van der Waals surface area contributed by atoms with Gasteiger partial charge in [-0.2, -0.15) is 5.26 Å². The van der Waals surface area contributed by atoms with Crippen LogP contribution in [0, 0.1) is 11.3 Å². The Morgan fingerprint density at radius 1 is 1.04 bits per heavy atom. The van der Waals surface area contributed by atoms with Crippen LogP contribution in [0.3, 0.4) is 0 Å². The summed E-state index contributed by atoms with van der Waals surface area (Å²) in [5.74, 6) is 0. The number of nitrogens with zero attached hydrogens (tertiary/aromatic N) is 3. The second-order valence-electron chi connectivity index (χ2n) is 6.86. The maximum Gasteiger partial charge on any atom is 0.173 e. The molecule has 140 valence electrons. The minimum atomic E-state index is 0.698. The summed E-state index contributed by atoms with van der Waals surface area (Å²) in [7, 11) is 0. The topological polar surface area (TPSA) is 42.3 Å². The smallest absolute Gasteiger partial charge is 0.173 e. The molecule has 1 aliphatic rings. The third kappa shape index (κ3) is 5.21. The normalized spacial score (nSPS) is 13.9. The van der Waals surface area contributed by atoms with Gasteiger partial charge in [-0.15, -0.1) is 0 Å². The van der Waals surface area contributed by atoms with Gasteiger partial charge >= 0.3 is 0 Å². The number of thiocarbonyl (C=S) groups is 1. The summed E-state index contributed by atoms with van der Waals surface area (Å²) in [6, 6.07) is 18.5. The van der Waals surface area contributed by atoms with E-state index < -0.39 is 0 Å². The van der Waals surface area contributed by atoms with Gasteiger partial charge in [0.05, 0.1) is 11.6 Å². The quantitative estimate of drug-likeness (QED) is 0.780. The lowest BCUT2D eigenvalue weighted by Gasteiger charge is -2.37. The van der Waals surface area contributed by atoms with E-state index in [0.717, 1.165) is 49.1 Å². The number of nitrogens with one attached hydrogen (secondary N) is 1. The van der Waals surface area contributed by atoms with Crippen molar-refractivity contribution in [3.8, 4) is 6.07 Å². The summed E-state index contributed by atoms with van der Waals surface area (Å²) in [6.45, 7) is 5.84. The molecule has 0 unspecified atom stereocenters. The van der Waals surface area contributed by atoms with E-state index in [1.807, 2.05) is 24.3 Å². The predicted octanol–water partition coefficient (Wildman–Crippen LogP) is 4.42. The van der Waals surface area contributed by atoms with Crippen LogP contribution in [-0.4, -0.2) is 36.2 Å². The first-order chi connectivity index (χ1) is 13.2. The zero-order chi connectivity index (χ0) is 19.1. The minimum absolute atomic E-state index is 0.698. The fraction of sp³-hybridized carbons (Fsp3) is 0.364. The van der Waals surface area contributed by atoms with Gasteiger partial charge in [-0.3, -0.25) is 0 Å². The number of hydrogen-bond donors (Lipinski definition) is 1. The van der Waals surface area contributed by atoms with Crippen LogP contribution in [0.15, 0.2) is 48.5 Å². The van der Waals surface area contributed by atoms with Crippen molar-refractivity contribution in [2.45, 2.75) is 26.2 Å². The van der Waals surface area contributed by atoms with Crippen LogP contribution in [0.2, 0.25) is 0 Å². The molecule has 1 fully saturated rings. The van der Waals surface area contributed by atoms with Gasteiger partial charge in [0, 0.05) is 37.6 Å². The third-order valence-corrected chi connectivity index (χ3v) is 5.31. The minimum Gasteiger partial charge on any atom is -0.368 e. The maximum atomic E-state index is 8.92. The molecule has 0 amide bonds. The molecule has 1 saturated heterocycles. The standard InChI is InChI=1S/C22H26N4S/c1-2-3-4-18-5-9-20(10-6-18)24-22(27)26-15-13-25(14-16-26)21-11-7-19(17-23)8-12-21/h5-12H,2-4,13-16H2,1H3,(H,24,27). The zero-order valence-corrected chi connectivity index (χ0v) is 16.6. The van der Waals surface area contributed by atoms with Crippen molar-refractivity contribution < 1.29 is 0 Å². The highest BCUT2D eigenvalue weighted by Gasteiger charge is 2.19. The summed E-state index contributed by atoms with van der Waals surface area (Å²) >= 11 is 5.61. The number of benzene rings is 2. The average Bonchev–Trinajstić information content (AvgIpc) is 2.73. The number of hydrogen-bond acceptors (Lipinski definition) is 3. The molecule has 1 N–H and O–H groups in total. The highest BCUT2D eigenvalue weighted by molar-refractivity contribution is 7.80. The number of aryl methyl sites for hydroxylation is 1. The predicted molar refractivity (Wildman–Crippen MR) is 116 cm³/mol. The first kappa shape index (κ1) is 19.2. The fourth-order valence-electron chi connectivity index (χ4n) is 3.25. The molecular weight excluding hydrogens is 352 g/mol. The average molecular weight is 379 g/mol. The molecule has 2 aromatic carbocycles. The SMILES string of the molecule is CCCCc1ccc(NC(=S)N2CCN(c3ccc(C#N)cc3)CC2)cc1. The van der Waals surface area contributed by atoms with Gasteiger partial charge in [-0.1, -0.05) is 25.5 Å². The van der Waals surface area contributed by atoms with Crippen LogP contribution in [0.5, 0.6) is 0 Å². The van der Waals surface area contributed by atoms with E-state index in [9.17, 15) is 0 Å². The van der Waals surface area contributed by atoms with E-state index >= 15 is 0 Å². The number of rotatable bonds is 5. The lowest BCUT2D eigenvalue weighted by atomic mass is 10.1. The van der Waals surface area contributed by atoms with Crippen molar-refractivity contribution in [3.63, 3.8) is 0 Å². The first-order valence-electron chi connectivity index (χ1n) is 9.59. The summed E-state index contributed by atoms with van der Waals surface area (Å²) in [4.78, 5) is 4.56. The maximum absolute atomic E-state index is 8.92. The second kappa shape index (κ2) is 9.38. The molecule has 1 aliphatic heterocycles. The molecule has 0 bridgehead atoms. The third-order valence-electron chi connectivity index (χ3n) is 4.95. The van der Waals surface area contributed by atoms with Gasteiger partial charge in [0.1, 0.15) is 0 Å². The van der Waals surface area contributed by atoms with E-state index in [1.165, 1.54) is 18.4 Å². The van der Waals surface area contributed by atoms with Crippen molar-refractivity contribution in [2.75, 3.05) is 36.4 Å². The monoisotopic (exact) mass is 378 g/mol. The lowest BCUT2D eigenvalue weighted by molar-refractivity contribution is 0.391. The largest absolute Gasteiger partial charge is 0.368 e. The molecule has 2 aromatic rings. The molecule has 0 spiro atoms. The molecule has 4 nitrogen and oxygen atoms in total. The lowest BCUT2D eigenvalue weighted by Crippen LogP contribution is -2.50. The number of piperazine rings is 1. The molecule has 0 radical (unpaired) electrons. The van der Waals surface area contributed by atoms with E-state index in [-0.39, 0.29) is 0 Å². The number of anilines is 2. The van der Waals surface area contributed by atoms with Crippen molar-refractivity contribution in [2.24, 2.45) is 0 Å². The highest BCUT2D eigenvalue weighted by atomic mass is 32.1. The first-order valence-corrected chi connectivity index (χ1v) is 10.0. The van der Waals surface area contributed by atoms with Gasteiger partial charge in [0.15, 0.2) is 5.11 Å².